The molecule has 1 aliphatic heterocycles. The molecule has 0 radical (unpaired) electrons. The van der Waals surface area contributed by atoms with E-state index >= 15 is 0 Å². The lowest BCUT2D eigenvalue weighted by atomic mass is 10.00. The lowest BCUT2D eigenvalue weighted by Gasteiger charge is -2.18. The first kappa shape index (κ1) is 12.5. The van der Waals surface area contributed by atoms with Crippen molar-refractivity contribution in [3.8, 4) is 22.0 Å². The van der Waals surface area contributed by atoms with E-state index in [9.17, 15) is 0 Å². The number of aryl methyl sites for hydroxylation is 1. The van der Waals surface area contributed by atoms with E-state index in [4.69, 9.17) is 4.98 Å². The molecule has 0 saturated carbocycles. The fourth-order valence-corrected chi connectivity index (χ4v) is 3.45. The second-order valence-electron chi connectivity index (χ2n) is 5.16. The topological polar surface area (TPSA) is 37.8 Å². The molecule has 3 heterocycles. The number of hydrogen-bond acceptors (Lipinski definition) is 4. The predicted octanol–water partition coefficient (Wildman–Crippen LogP) is 4.23. The summed E-state index contributed by atoms with van der Waals surface area (Å²) in [4.78, 5) is 9.10. The molecule has 2 aromatic heterocycles. The first-order valence-electron chi connectivity index (χ1n) is 7.14. The Bertz CT molecular complexity index is 765. The number of benzene rings is 1. The first-order valence-corrected chi connectivity index (χ1v) is 8.02. The van der Waals surface area contributed by atoms with E-state index in [1.165, 1.54) is 23.2 Å². The minimum Gasteiger partial charge on any atom is -0.385 e. The number of thiazole rings is 1. The molecule has 21 heavy (non-hydrogen) atoms. The third-order valence-electron chi connectivity index (χ3n) is 3.73. The normalized spacial score (nSPS) is 13.5. The Kier molecular flexibility index (Phi) is 3.16. The van der Waals surface area contributed by atoms with E-state index in [-0.39, 0.29) is 0 Å². The number of nitrogens with one attached hydrogen (secondary N) is 1. The van der Waals surface area contributed by atoms with Gasteiger partial charge in [-0.1, -0.05) is 12.1 Å². The summed E-state index contributed by atoms with van der Waals surface area (Å²) in [6.07, 6.45) is 4.15. The summed E-state index contributed by atoms with van der Waals surface area (Å²) in [7, 11) is 0. The number of pyridine rings is 1. The van der Waals surface area contributed by atoms with Gasteiger partial charge in [-0.2, -0.15) is 0 Å². The Hall–Kier alpha value is -2.20. The molecule has 0 fully saturated rings. The lowest BCUT2D eigenvalue weighted by Crippen LogP contribution is -2.11. The number of nitrogens with zero attached hydrogens (tertiary/aromatic N) is 2. The highest BCUT2D eigenvalue weighted by molar-refractivity contribution is 7.13. The number of anilines is 1. The largest absolute Gasteiger partial charge is 0.385 e. The number of aromatic nitrogens is 2. The van der Waals surface area contributed by atoms with Crippen molar-refractivity contribution in [2.24, 2.45) is 0 Å². The van der Waals surface area contributed by atoms with Crippen molar-refractivity contribution >= 4 is 17.0 Å². The fourth-order valence-electron chi connectivity index (χ4n) is 2.65. The van der Waals surface area contributed by atoms with Gasteiger partial charge >= 0.3 is 0 Å². The standard InChI is InChI=1S/C17H15N3S/c1-2-8-19-15(5-1)17-20-16(11-21-17)13-6-7-14-12(10-13)4-3-9-18-14/h1-2,5-8,10-11,18H,3-4,9H2. The second-order valence-corrected chi connectivity index (χ2v) is 6.01. The van der Waals surface area contributed by atoms with Crippen LogP contribution in [-0.4, -0.2) is 16.5 Å². The molecular weight excluding hydrogens is 278 g/mol. The molecule has 0 unspecified atom stereocenters. The van der Waals surface area contributed by atoms with Gasteiger partial charge in [0.25, 0.3) is 0 Å². The fraction of sp³-hybridized carbons (Fsp3) is 0.176. The monoisotopic (exact) mass is 293 g/mol. The van der Waals surface area contributed by atoms with Crippen molar-refractivity contribution < 1.29 is 0 Å². The molecule has 4 heteroatoms. The summed E-state index contributed by atoms with van der Waals surface area (Å²) >= 11 is 1.65. The highest BCUT2D eigenvalue weighted by Crippen LogP contribution is 2.31. The average Bonchev–Trinajstić information content (AvgIpc) is 3.05. The van der Waals surface area contributed by atoms with E-state index in [1.807, 2.05) is 18.2 Å². The number of fused-ring (bicyclic) bond motifs is 1. The zero-order valence-electron chi connectivity index (χ0n) is 11.5. The predicted molar refractivity (Wildman–Crippen MR) is 87.6 cm³/mol. The van der Waals surface area contributed by atoms with Crippen LogP contribution in [0.5, 0.6) is 0 Å². The quantitative estimate of drug-likeness (QED) is 0.768. The Morgan fingerprint density at radius 2 is 2.10 bits per heavy atom. The summed E-state index contributed by atoms with van der Waals surface area (Å²) in [5, 5.41) is 6.53. The third kappa shape index (κ3) is 2.43. The van der Waals surface area contributed by atoms with Crippen LogP contribution in [0.4, 0.5) is 5.69 Å². The van der Waals surface area contributed by atoms with Crippen LogP contribution in [0.25, 0.3) is 22.0 Å². The van der Waals surface area contributed by atoms with Crippen LogP contribution in [0.1, 0.15) is 12.0 Å². The SMILES string of the molecule is c1ccc(-c2nc(-c3ccc4c(c3)CCCN4)cs2)nc1. The molecule has 1 aliphatic rings. The van der Waals surface area contributed by atoms with Gasteiger partial charge in [0.1, 0.15) is 5.01 Å². The molecule has 0 bridgehead atoms. The van der Waals surface area contributed by atoms with Crippen molar-refractivity contribution in [1.29, 1.82) is 0 Å². The van der Waals surface area contributed by atoms with Crippen LogP contribution in [0.15, 0.2) is 48.0 Å². The highest BCUT2D eigenvalue weighted by atomic mass is 32.1. The van der Waals surface area contributed by atoms with Gasteiger partial charge in [0.15, 0.2) is 0 Å². The molecule has 3 aromatic rings. The van der Waals surface area contributed by atoms with Gasteiger partial charge in [-0.15, -0.1) is 11.3 Å². The second kappa shape index (κ2) is 5.30. The summed E-state index contributed by atoms with van der Waals surface area (Å²) in [6, 6.07) is 12.5. The van der Waals surface area contributed by atoms with Gasteiger partial charge in [-0.25, -0.2) is 4.98 Å². The van der Waals surface area contributed by atoms with Crippen LogP contribution < -0.4 is 5.32 Å². The zero-order chi connectivity index (χ0) is 14.1. The Morgan fingerprint density at radius 1 is 1.10 bits per heavy atom. The van der Waals surface area contributed by atoms with Gasteiger partial charge in [-0.05, 0) is 42.7 Å². The van der Waals surface area contributed by atoms with E-state index in [0.717, 1.165) is 29.4 Å². The van der Waals surface area contributed by atoms with Crippen molar-refractivity contribution in [3.05, 3.63) is 53.5 Å². The minimum absolute atomic E-state index is 0.938. The summed E-state index contributed by atoms with van der Waals surface area (Å²) in [5.41, 5.74) is 5.83. The van der Waals surface area contributed by atoms with Crippen molar-refractivity contribution in [2.45, 2.75) is 12.8 Å². The van der Waals surface area contributed by atoms with Crippen LogP contribution >= 0.6 is 11.3 Å². The van der Waals surface area contributed by atoms with Crippen molar-refractivity contribution in [1.82, 2.24) is 9.97 Å². The van der Waals surface area contributed by atoms with Crippen molar-refractivity contribution in [2.75, 3.05) is 11.9 Å². The first-order chi connectivity index (χ1) is 10.4. The third-order valence-corrected chi connectivity index (χ3v) is 4.59. The highest BCUT2D eigenvalue weighted by Gasteiger charge is 2.12. The van der Waals surface area contributed by atoms with Crippen LogP contribution in [0, 0.1) is 0 Å². The van der Waals surface area contributed by atoms with Crippen LogP contribution in [0.3, 0.4) is 0 Å². The molecule has 0 atom stereocenters. The molecule has 0 spiro atoms. The van der Waals surface area contributed by atoms with E-state index in [2.05, 4.69) is 33.9 Å². The smallest absolute Gasteiger partial charge is 0.142 e. The van der Waals surface area contributed by atoms with Gasteiger partial charge in [0.2, 0.25) is 0 Å². The van der Waals surface area contributed by atoms with Gasteiger partial charge in [-0.3, -0.25) is 4.98 Å². The van der Waals surface area contributed by atoms with E-state index < -0.39 is 0 Å². The average molecular weight is 293 g/mol. The molecule has 1 N–H and O–H groups in total. The lowest BCUT2D eigenvalue weighted by molar-refractivity contribution is 0.830. The maximum absolute atomic E-state index is 4.74. The molecule has 0 amide bonds. The summed E-state index contributed by atoms with van der Waals surface area (Å²) in [6.45, 7) is 1.08. The molecule has 0 aliphatic carbocycles. The Morgan fingerprint density at radius 3 is 3.00 bits per heavy atom. The zero-order valence-corrected chi connectivity index (χ0v) is 12.4. The van der Waals surface area contributed by atoms with Crippen molar-refractivity contribution in [3.63, 3.8) is 0 Å². The summed E-state index contributed by atoms with van der Waals surface area (Å²) in [5.74, 6) is 0. The minimum atomic E-state index is 0.938. The molecule has 4 rings (SSSR count). The molecule has 1 aromatic carbocycles. The van der Waals surface area contributed by atoms with Gasteiger partial charge in [0, 0.05) is 29.4 Å². The Labute approximate surface area is 127 Å². The number of hydrogen-bond donors (Lipinski definition) is 1. The van der Waals surface area contributed by atoms with E-state index in [1.54, 1.807) is 17.5 Å². The maximum Gasteiger partial charge on any atom is 0.142 e. The Balaban J connectivity index is 1.70. The molecule has 0 saturated heterocycles. The molecule has 104 valence electrons. The van der Waals surface area contributed by atoms with Gasteiger partial charge < -0.3 is 5.32 Å². The molecule has 3 nitrogen and oxygen atoms in total. The van der Waals surface area contributed by atoms with E-state index in [0.29, 0.717) is 0 Å². The molecular formula is C17H15N3S. The maximum atomic E-state index is 4.74. The summed E-state index contributed by atoms with van der Waals surface area (Å²) < 4.78 is 0. The van der Waals surface area contributed by atoms with Crippen LogP contribution in [0.2, 0.25) is 0 Å². The van der Waals surface area contributed by atoms with Gasteiger partial charge in [0.05, 0.1) is 11.4 Å². The van der Waals surface area contributed by atoms with Crippen LogP contribution in [-0.2, 0) is 6.42 Å². The number of rotatable bonds is 2.